The monoisotopic (exact) mass is 460 g/mol. The van der Waals surface area contributed by atoms with E-state index in [0.717, 1.165) is 38.1 Å². The van der Waals surface area contributed by atoms with Gasteiger partial charge in [-0.3, -0.25) is 4.79 Å². The number of carbonyl (C=O) groups is 1. The maximum absolute atomic E-state index is 11.8. The van der Waals surface area contributed by atoms with Gasteiger partial charge in [-0.2, -0.15) is 0 Å². The summed E-state index contributed by atoms with van der Waals surface area (Å²) in [6.45, 7) is 2.84. The van der Waals surface area contributed by atoms with E-state index in [1.54, 1.807) is 21.3 Å². The Balaban J connectivity index is 3.31. The van der Waals surface area contributed by atoms with Crippen LogP contribution in [0.5, 0.6) is 0 Å². The smallest absolute Gasteiger partial charge is 0.466 e. The molecule has 0 saturated carbocycles. The van der Waals surface area contributed by atoms with Gasteiger partial charge >= 0.3 is 14.8 Å². The van der Waals surface area contributed by atoms with Crippen molar-refractivity contribution in [2.75, 3.05) is 27.9 Å². The molecule has 0 saturated heterocycles. The molecule has 0 spiro atoms. The summed E-state index contributed by atoms with van der Waals surface area (Å²) in [6.07, 6.45) is 21.5. The Bertz CT molecular complexity index is 380. The van der Waals surface area contributed by atoms with Gasteiger partial charge in [-0.15, -0.1) is 0 Å². The van der Waals surface area contributed by atoms with Crippen LogP contribution >= 0.6 is 0 Å². The number of rotatable bonds is 24. The van der Waals surface area contributed by atoms with Crippen molar-refractivity contribution >= 4 is 14.8 Å². The maximum atomic E-state index is 11.8. The fourth-order valence-corrected chi connectivity index (χ4v) is 5.69. The van der Waals surface area contributed by atoms with Crippen molar-refractivity contribution in [3.05, 3.63) is 0 Å². The van der Waals surface area contributed by atoms with E-state index in [2.05, 4.69) is 6.92 Å². The zero-order valence-electron chi connectivity index (χ0n) is 21.2. The molecule has 0 heterocycles. The second kappa shape index (κ2) is 22.7. The van der Waals surface area contributed by atoms with Gasteiger partial charge in [0.15, 0.2) is 0 Å². The van der Waals surface area contributed by atoms with E-state index in [9.17, 15) is 4.79 Å². The van der Waals surface area contributed by atoms with E-state index >= 15 is 0 Å². The van der Waals surface area contributed by atoms with Crippen molar-refractivity contribution in [2.45, 2.75) is 129 Å². The molecule has 0 radical (unpaired) electrons. The Morgan fingerprint density at radius 3 is 1.48 bits per heavy atom. The summed E-state index contributed by atoms with van der Waals surface area (Å²) in [5, 5.41) is 0. The van der Waals surface area contributed by atoms with Crippen LogP contribution in [0.4, 0.5) is 0 Å². The molecule has 31 heavy (non-hydrogen) atoms. The summed E-state index contributed by atoms with van der Waals surface area (Å²) < 4.78 is 21.7. The molecule has 0 N–H and O–H groups in total. The highest BCUT2D eigenvalue weighted by Crippen LogP contribution is 2.18. The lowest BCUT2D eigenvalue weighted by atomic mass is 10.1. The fraction of sp³-hybridized carbons (Fsp3) is 0.960. The molecule has 0 aliphatic heterocycles. The topological polar surface area (TPSA) is 54.0 Å². The molecule has 0 fully saturated rings. The standard InChI is InChI=1S/C25H52O5Si/c1-5-6-7-8-9-13-16-19-22-25(26)30-23-20-17-14-11-10-12-15-18-21-24-31(27-2,28-3)29-4/h5-24H2,1-4H3. The fourth-order valence-electron chi connectivity index (χ4n) is 3.90. The number of hydrogen-bond donors (Lipinski definition) is 0. The van der Waals surface area contributed by atoms with Crippen LogP contribution in [0.15, 0.2) is 0 Å². The van der Waals surface area contributed by atoms with Gasteiger partial charge in [0.25, 0.3) is 0 Å². The summed E-state index contributed by atoms with van der Waals surface area (Å²) in [4.78, 5) is 11.8. The normalized spacial score (nSPS) is 11.7. The predicted molar refractivity (Wildman–Crippen MR) is 131 cm³/mol. The average molecular weight is 461 g/mol. The molecule has 0 aromatic heterocycles. The highest BCUT2D eigenvalue weighted by molar-refractivity contribution is 6.60. The Kier molecular flexibility index (Phi) is 22.4. The molecule has 0 aromatic carbocycles. The van der Waals surface area contributed by atoms with Crippen LogP contribution in [0.3, 0.4) is 0 Å². The van der Waals surface area contributed by atoms with Crippen LogP contribution in [0.25, 0.3) is 0 Å². The molecule has 0 bridgehead atoms. The molecule has 186 valence electrons. The molecule has 5 nitrogen and oxygen atoms in total. The zero-order chi connectivity index (χ0) is 23.0. The lowest BCUT2D eigenvalue weighted by molar-refractivity contribution is -0.143. The van der Waals surface area contributed by atoms with Crippen LogP contribution in [-0.2, 0) is 22.8 Å². The molecule has 6 heteroatoms. The molecule has 0 amide bonds. The third kappa shape index (κ3) is 18.8. The number of carbonyl (C=O) groups excluding carboxylic acids is 1. The number of esters is 1. The number of unbranched alkanes of at least 4 members (excludes halogenated alkanes) is 15. The van der Waals surface area contributed by atoms with Gasteiger partial charge in [0.05, 0.1) is 6.61 Å². The number of ether oxygens (including phenoxy) is 1. The van der Waals surface area contributed by atoms with Gasteiger partial charge in [0.2, 0.25) is 0 Å². The van der Waals surface area contributed by atoms with Gasteiger partial charge in [0.1, 0.15) is 0 Å². The van der Waals surface area contributed by atoms with Gasteiger partial charge < -0.3 is 18.0 Å². The van der Waals surface area contributed by atoms with Gasteiger partial charge in [-0.25, -0.2) is 0 Å². The van der Waals surface area contributed by atoms with Crippen LogP contribution in [0.1, 0.15) is 122 Å². The Hall–Kier alpha value is -0.433. The van der Waals surface area contributed by atoms with Crippen LogP contribution in [0.2, 0.25) is 6.04 Å². The molecule has 0 aliphatic rings. The molecule has 0 rings (SSSR count). The van der Waals surface area contributed by atoms with Crippen molar-refractivity contribution in [3.63, 3.8) is 0 Å². The third-order valence-electron chi connectivity index (χ3n) is 6.06. The van der Waals surface area contributed by atoms with Crippen molar-refractivity contribution in [1.29, 1.82) is 0 Å². The third-order valence-corrected chi connectivity index (χ3v) is 8.89. The summed E-state index contributed by atoms with van der Waals surface area (Å²) in [7, 11) is 2.66. The second-order valence-corrected chi connectivity index (χ2v) is 11.8. The first kappa shape index (κ1) is 30.6. The van der Waals surface area contributed by atoms with Crippen molar-refractivity contribution in [1.82, 2.24) is 0 Å². The Labute approximate surface area is 194 Å². The average Bonchev–Trinajstić information content (AvgIpc) is 2.79. The van der Waals surface area contributed by atoms with Gasteiger partial charge in [-0.05, 0) is 19.3 Å². The van der Waals surface area contributed by atoms with Crippen LogP contribution in [-0.4, -0.2) is 42.7 Å². The molecule has 0 aliphatic carbocycles. The highest BCUT2D eigenvalue weighted by Gasteiger charge is 2.36. The number of hydrogen-bond acceptors (Lipinski definition) is 5. The lowest BCUT2D eigenvalue weighted by Gasteiger charge is -2.24. The molecule has 0 aromatic rings. The second-order valence-electron chi connectivity index (χ2n) is 8.67. The van der Waals surface area contributed by atoms with Gasteiger partial charge in [-0.1, -0.05) is 96.8 Å². The van der Waals surface area contributed by atoms with E-state index in [4.69, 9.17) is 18.0 Å². The minimum absolute atomic E-state index is 0.00603. The first-order valence-corrected chi connectivity index (χ1v) is 14.9. The first-order valence-electron chi connectivity index (χ1n) is 12.9. The van der Waals surface area contributed by atoms with E-state index in [1.165, 1.54) is 77.0 Å². The maximum Gasteiger partial charge on any atom is 0.500 e. The largest absolute Gasteiger partial charge is 0.500 e. The quantitative estimate of drug-likeness (QED) is 0.0850. The summed E-state index contributed by atoms with van der Waals surface area (Å²) >= 11 is 0. The Morgan fingerprint density at radius 1 is 0.581 bits per heavy atom. The molecule has 0 atom stereocenters. The van der Waals surface area contributed by atoms with Crippen molar-refractivity contribution < 1.29 is 22.8 Å². The Morgan fingerprint density at radius 2 is 1.00 bits per heavy atom. The van der Waals surface area contributed by atoms with Crippen LogP contribution in [0, 0.1) is 0 Å². The minimum Gasteiger partial charge on any atom is -0.466 e. The van der Waals surface area contributed by atoms with Crippen molar-refractivity contribution in [2.24, 2.45) is 0 Å². The summed E-state index contributed by atoms with van der Waals surface area (Å²) in [5.74, 6) is -0.00603. The van der Waals surface area contributed by atoms with E-state index < -0.39 is 8.80 Å². The van der Waals surface area contributed by atoms with E-state index in [-0.39, 0.29) is 5.97 Å². The first-order chi connectivity index (χ1) is 15.1. The molecular weight excluding hydrogens is 408 g/mol. The summed E-state index contributed by atoms with van der Waals surface area (Å²) in [6, 6.07) is 0.897. The van der Waals surface area contributed by atoms with Crippen LogP contribution < -0.4 is 0 Å². The summed E-state index contributed by atoms with van der Waals surface area (Å²) in [5.41, 5.74) is 0. The zero-order valence-corrected chi connectivity index (χ0v) is 22.2. The lowest BCUT2D eigenvalue weighted by Crippen LogP contribution is -2.42. The van der Waals surface area contributed by atoms with E-state index in [0.29, 0.717) is 13.0 Å². The van der Waals surface area contributed by atoms with Gasteiger partial charge in [0, 0.05) is 33.8 Å². The SMILES string of the molecule is CCCCCCCCCCC(=O)OCCCCCCCCCCC[Si](OC)(OC)OC. The highest BCUT2D eigenvalue weighted by atomic mass is 28.4. The molecule has 0 unspecified atom stereocenters. The molecular formula is C25H52O5Si. The van der Waals surface area contributed by atoms with E-state index in [1.807, 2.05) is 0 Å². The predicted octanol–water partition coefficient (Wildman–Crippen LogP) is 7.45. The van der Waals surface area contributed by atoms with Crippen molar-refractivity contribution in [3.8, 4) is 0 Å². The minimum atomic E-state index is -2.37.